The second-order valence-corrected chi connectivity index (χ2v) is 5.37. The zero-order chi connectivity index (χ0) is 13.7. The maximum absolute atomic E-state index is 11.0. The van der Waals surface area contributed by atoms with Gasteiger partial charge < -0.3 is 9.90 Å². The van der Waals surface area contributed by atoms with Gasteiger partial charge in [-0.15, -0.1) is 11.8 Å². The molecule has 2 nitrogen and oxygen atoms in total. The lowest BCUT2D eigenvalue weighted by molar-refractivity contribution is -0.307. The normalized spacial score (nSPS) is 12.1. The second kappa shape index (κ2) is 6.43. The van der Waals surface area contributed by atoms with Crippen LogP contribution >= 0.6 is 11.8 Å². The van der Waals surface area contributed by atoms with Crippen LogP contribution in [0.4, 0.5) is 0 Å². The van der Waals surface area contributed by atoms with E-state index in [1.807, 2.05) is 42.5 Å². The van der Waals surface area contributed by atoms with Crippen LogP contribution in [0.1, 0.15) is 24.0 Å². The fraction of sp³-hybridized carbons (Fsp3) is 0.188. The average Bonchev–Trinajstić information content (AvgIpc) is 2.45. The summed E-state index contributed by atoms with van der Waals surface area (Å²) < 4.78 is 0. The molecule has 2 aromatic rings. The number of rotatable bonds is 5. The van der Waals surface area contributed by atoms with Crippen molar-refractivity contribution in [1.82, 2.24) is 0 Å². The van der Waals surface area contributed by atoms with E-state index < -0.39 is 11.9 Å². The first kappa shape index (κ1) is 13.7. The predicted molar refractivity (Wildman–Crippen MR) is 75.9 cm³/mol. The SMILES string of the molecule is CC(C(=O)[O-])c1ccccc1SCc1ccccc1. The van der Waals surface area contributed by atoms with Crippen molar-refractivity contribution >= 4 is 17.7 Å². The van der Waals surface area contributed by atoms with Gasteiger partial charge in [-0.25, -0.2) is 0 Å². The minimum atomic E-state index is -1.03. The maximum atomic E-state index is 11.0. The van der Waals surface area contributed by atoms with Crippen LogP contribution < -0.4 is 5.11 Å². The van der Waals surface area contributed by atoms with Crippen molar-refractivity contribution in [2.24, 2.45) is 0 Å². The summed E-state index contributed by atoms with van der Waals surface area (Å²) in [5.74, 6) is -0.787. The molecule has 0 aliphatic heterocycles. The van der Waals surface area contributed by atoms with Crippen molar-refractivity contribution in [2.75, 3.05) is 0 Å². The van der Waals surface area contributed by atoms with Crippen LogP contribution in [0, 0.1) is 0 Å². The monoisotopic (exact) mass is 271 g/mol. The second-order valence-electron chi connectivity index (χ2n) is 4.35. The smallest absolute Gasteiger partial charge is 0.0486 e. The Morgan fingerprint density at radius 1 is 1.11 bits per heavy atom. The fourth-order valence-corrected chi connectivity index (χ4v) is 2.93. The van der Waals surface area contributed by atoms with Gasteiger partial charge in [-0.1, -0.05) is 55.5 Å². The van der Waals surface area contributed by atoms with Crippen molar-refractivity contribution in [2.45, 2.75) is 23.5 Å². The molecular formula is C16H15O2S-. The molecule has 2 aromatic carbocycles. The molecule has 0 amide bonds. The quantitative estimate of drug-likeness (QED) is 0.785. The van der Waals surface area contributed by atoms with Gasteiger partial charge in [0.2, 0.25) is 0 Å². The molecule has 0 aliphatic rings. The molecule has 1 atom stereocenters. The van der Waals surface area contributed by atoms with E-state index in [1.165, 1.54) is 5.56 Å². The van der Waals surface area contributed by atoms with Gasteiger partial charge in [0.1, 0.15) is 0 Å². The zero-order valence-electron chi connectivity index (χ0n) is 10.7. The highest BCUT2D eigenvalue weighted by Crippen LogP contribution is 2.30. The summed E-state index contributed by atoms with van der Waals surface area (Å²) in [6, 6.07) is 17.7. The highest BCUT2D eigenvalue weighted by molar-refractivity contribution is 7.98. The summed E-state index contributed by atoms with van der Waals surface area (Å²) in [7, 11) is 0. The van der Waals surface area contributed by atoms with Crippen molar-refractivity contribution in [3.8, 4) is 0 Å². The Bertz CT molecular complexity index is 552. The Hall–Kier alpha value is -1.74. The number of hydrogen-bond donors (Lipinski definition) is 0. The van der Waals surface area contributed by atoms with Crippen LogP contribution in [0.15, 0.2) is 59.5 Å². The van der Waals surface area contributed by atoms with Crippen molar-refractivity contribution in [3.05, 3.63) is 65.7 Å². The van der Waals surface area contributed by atoms with Gasteiger partial charge >= 0.3 is 0 Å². The fourth-order valence-electron chi connectivity index (χ4n) is 1.83. The van der Waals surface area contributed by atoms with Gasteiger partial charge in [-0.3, -0.25) is 0 Å². The van der Waals surface area contributed by atoms with E-state index in [9.17, 15) is 9.90 Å². The zero-order valence-corrected chi connectivity index (χ0v) is 11.5. The average molecular weight is 271 g/mol. The van der Waals surface area contributed by atoms with Gasteiger partial charge in [-0.2, -0.15) is 0 Å². The van der Waals surface area contributed by atoms with Gasteiger partial charge in [0, 0.05) is 22.5 Å². The number of carbonyl (C=O) groups excluding carboxylic acids is 1. The molecule has 2 rings (SSSR count). The number of carbonyl (C=O) groups is 1. The van der Waals surface area contributed by atoms with E-state index in [2.05, 4.69) is 12.1 Å². The summed E-state index contributed by atoms with van der Waals surface area (Å²) in [6.45, 7) is 1.66. The molecule has 3 heteroatoms. The van der Waals surface area contributed by atoms with Crippen LogP contribution in [-0.4, -0.2) is 5.97 Å². The molecule has 0 fully saturated rings. The summed E-state index contributed by atoms with van der Waals surface area (Å²) in [4.78, 5) is 12.0. The molecule has 0 saturated carbocycles. The third kappa shape index (κ3) is 3.61. The number of carboxylic acids is 1. The van der Waals surface area contributed by atoms with Crippen LogP contribution in [0.2, 0.25) is 0 Å². The summed E-state index contributed by atoms with van der Waals surface area (Å²) in [6.07, 6.45) is 0. The maximum Gasteiger partial charge on any atom is 0.0486 e. The van der Waals surface area contributed by atoms with Crippen LogP contribution in [0.5, 0.6) is 0 Å². The minimum Gasteiger partial charge on any atom is -0.550 e. The molecular weight excluding hydrogens is 256 g/mol. The Morgan fingerprint density at radius 2 is 1.74 bits per heavy atom. The van der Waals surface area contributed by atoms with Gasteiger partial charge in [-0.05, 0) is 17.2 Å². The molecule has 0 spiro atoms. The van der Waals surface area contributed by atoms with E-state index in [4.69, 9.17) is 0 Å². The van der Waals surface area contributed by atoms with E-state index >= 15 is 0 Å². The number of hydrogen-bond acceptors (Lipinski definition) is 3. The molecule has 0 aliphatic carbocycles. The Morgan fingerprint density at radius 3 is 2.42 bits per heavy atom. The van der Waals surface area contributed by atoms with Crippen LogP contribution in [0.25, 0.3) is 0 Å². The van der Waals surface area contributed by atoms with Gasteiger partial charge in [0.05, 0.1) is 0 Å². The van der Waals surface area contributed by atoms with Gasteiger partial charge in [0.15, 0.2) is 0 Å². The first-order chi connectivity index (χ1) is 9.18. The topological polar surface area (TPSA) is 40.1 Å². The predicted octanol–water partition coefficient (Wildman–Crippen LogP) is 2.83. The lowest BCUT2D eigenvalue weighted by Gasteiger charge is -2.16. The van der Waals surface area contributed by atoms with Crippen molar-refractivity contribution < 1.29 is 9.90 Å². The molecule has 98 valence electrons. The van der Waals surface area contributed by atoms with Gasteiger partial charge in [0.25, 0.3) is 0 Å². The minimum absolute atomic E-state index is 0.584. The Kier molecular flexibility index (Phi) is 4.63. The third-order valence-corrected chi connectivity index (χ3v) is 4.14. The summed E-state index contributed by atoms with van der Waals surface area (Å²) in [5.41, 5.74) is 2.05. The van der Waals surface area contributed by atoms with E-state index in [-0.39, 0.29) is 0 Å². The van der Waals surface area contributed by atoms with Crippen molar-refractivity contribution in [3.63, 3.8) is 0 Å². The third-order valence-electron chi connectivity index (χ3n) is 2.98. The number of benzene rings is 2. The molecule has 1 unspecified atom stereocenters. The molecule has 0 saturated heterocycles. The Labute approximate surface area is 117 Å². The first-order valence-electron chi connectivity index (χ1n) is 6.15. The number of thioether (sulfide) groups is 1. The molecule has 0 radical (unpaired) electrons. The lowest BCUT2D eigenvalue weighted by atomic mass is 10.0. The van der Waals surface area contributed by atoms with E-state index in [0.29, 0.717) is 0 Å². The standard InChI is InChI=1S/C16H16O2S/c1-12(16(17)18)14-9-5-6-10-15(14)19-11-13-7-3-2-4-8-13/h2-10,12H,11H2,1H3,(H,17,18)/p-1. The molecule has 0 bridgehead atoms. The van der Waals surface area contributed by atoms with Crippen LogP contribution in [0.3, 0.4) is 0 Å². The van der Waals surface area contributed by atoms with E-state index in [1.54, 1.807) is 18.7 Å². The number of carboxylic acid groups (broad SMARTS) is 1. The Balaban J connectivity index is 2.14. The largest absolute Gasteiger partial charge is 0.550 e. The van der Waals surface area contributed by atoms with Crippen LogP contribution in [-0.2, 0) is 10.5 Å². The molecule has 0 heterocycles. The van der Waals surface area contributed by atoms with Crippen molar-refractivity contribution in [1.29, 1.82) is 0 Å². The summed E-state index contributed by atoms with van der Waals surface area (Å²) in [5, 5.41) is 11.0. The summed E-state index contributed by atoms with van der Waals surface area (Å²) >= 11 is 1.65. The number of aliphatic carboxylic acids is 1. The lowest BCUT2D eigenvalue weighted by Crippen LogP contribution is -2.28. The highest BCUT2D eigenvalue weighted by Gasteiger charge is 2.11. The first-order valence-corrected chi connectivity index (χ1v) is 7.13. The highest BCUT2D eigenvalue weighted by atomic mass is 32.2. The molecule has 0 aromatic heterocycles. The molecule has 0 N–H and O–H groups in total. The molecule has 19 heavy (non-hydrogen) atoms. The van der Waals surface area contributed by atoms with E-state index in [0.717, 1.165) is 16.2 Å².